The summed E-state index contributed by atoms with van der Waals surface area (Å²) in [6, 6.07) is 9.89. The van der Waals surface area contributed by atoms with Crippen LogP contribution in [0.3, 0.4) is 0 Å². The average Bonchev–Trinajstić information content (AvgIpc) is 2.47. The third-order valence-corrected chi connectivity index (χ3v) is 3.81. The van der Waals surface area contributed by atoms with Crippen LogP contribution in [0.2, 0.25) is 0 Å². The number of hydrogen-bond acceptors (Lipinski definition) is 4. The third kappa shape index (κ3) is 2.77. The average molecular weight is 265 g/mol. The summed E-state index contributed by atoms with van der Waals surface area (Å²) < 4.78 is 11.2. The van der Waals surface area contributed by atoms with Crippen molar-refractivity contribution in [1.82, 2.24) is 0 Å². The first-order valence-electron chi connectivity index (χ1n) is 6.52. The molecule has 0 aromatic heterocycles. The second kappa shape index (κ2) is 5.67. The van der Waals surface area contributed by atoms with E-state index in [-0.39, 0.29) is 24.1 Å². The van der Waals surface area contributed by atoms with E-state index in [9.17, 15) is 10.1 Å². The largest absolute Gasteiger partial charge is 0.344 e. The zero-order valence-corrected chi connectivity index (χ0v) is 11.2. The fourth-order valence-corrected chi connectivity index (χ4v) is 2.21. The van der Waals surface area contributed by atoms with Crippen LogP contribution in [0.15, 0.2) is 30.3 Å². The minimum Gasteiger partial charge on any atom is -0.344 e. The Bertz CT molecular complexity index is 426. The van der Waals surface area contributed by atoms with E-state index in [1.807, 2.05) is 37.3 Å². The van der Waals surface area contributed by atoms with Crippen LogP contribution in [-0.2, 0) is 9.47 Å². The van der Waals surface area contributed by atoms with E-state index in [2.05, 4.69) is 0 Å². The summed E-state index contributed by atoms with van der Waals surface area (Å²) >= 11 is 0. The van der Waals surface area contributed by atoms with Crippen LogP contribution in [0.25, 0.3) is 0 Å². The van der Waals surface area contributed by atoms with Crippen LogP contribution >= 0.6 is 0 Å². The molecule has 0 aliphatic carbocycles. The SMILES string of the molecule is CCC1([N+](=O)[O-])COC([C@@H](C)c2ccccc2)OC1. The molecule has 1 fully saturated rings. The van der Waals surface area contributed by atoms with Crippen molar-refractivity contribution in [3.8, 4) is 0 Å². The summed E-state index contributed by atoms with van der Waals surface area (Å²) in [5.74, 6) is 0.0582. The standard InChI is InChI=1S/C14H19NO4/c1-3-14(15(16)17)9-18-13(19-10-14)11(2)12-7-5-4-6-8-12/h4-8,11,13H,3,9-10H2,1-2H3/t11-,13?,14?/m0/s1. The zero-order valence-electron chi connectivity index (χ0n) is 11.2. The Hall–Kier alpha value is -1.46. The highest BCUT2D eigenvalue weighted by molar-refractivity contribution is 5.19. The molecule has 1 aliphatic rings. The molecule has 0 amide bonds. The highest BCUT2D eigenvalue weighted by Gasteiger charge is 2.47. The molecule has 0 radical (unpaired) electrons. The summed E-state index contributed by atoms with van der Waals surface area (Å²) in [4.78, 5) is 10.8. The first kappa shape index (κ1) is 14.0. The lowest BCUT2D eigenvalue weighted by atomic mass is 9.96. The normalized spacial score (nSPS) is 28.8. The van der Waals surface area contributed by atoms with Crippen LogP contribution in [-0.4, -0.2) is 30.0 Å². The molecule has 5 nitrogen and oxygen atoms in total. The van der Waals surface area contributed by atoms with Gasteiger partial charge in [-0.2, -0.15) is 0 Å². The summed E-state index contributed by atoms with van der Waals surface area (Å²) in [5, 5.41) is 11.1. The molecule has 1 heterocycles. The predicted octanol–water partition coefficient (Wildman–Crippen LogP) is 2.59. The maximum Gasteiger partial charge on any atom is 0.267 e. The Morgan fingerprint density at radius 3 is 2.42 bits per heavy atom. The molecule has 2 rings (SSSR count). The molecule has 0 N–H and O–H groups in total. The van der Waals surface area contributed by atoms with Crippen LogP contribution in [0, 0.1) is 10.1 Å². The van der Waals surface area contributed by atoms with Crippen LogP contribution < -0.4 is 0 Å². The van der Waals surface area contributed by atoms with Crippen molar-refractivity contribution in [1.29, 1.82) is 0 Å². The molecule has 104 valence electrons. The van der Waals surface area contributed by atoms with Crippen molar-refractivity contribution in [3.63, 3.8) is 0 Å². The highest BCUT2D eigenvalue weighted by Crippen LogP contribution is 2.29. The molecule has 1 aromatic carbocycles. The molecule has 0 spiro atoms. The zero-order chi connectivity index (χ0) is 13.9. The Kier molecular flexibility index (Phi) is 4.17. The number of rotatable bonds is 4. The molecule has 19 heavy (non-hydrogen) atoms. The second-order valence-corrected chi connectivity index (χ2v) is 5.02. The van der Waals surface area contributed by atoms with Gasteiger partial charge in [0.25, 0.3) is 5.54 Å². The van der Waals surface area contributed by atoms with Crippen LogP contribution in [0.1, 0.15) is 31.7 Å². The van der Waals surface area contributed by atoms with E-state index in [4.69, 9.17) is 9.47 Å². The Morgan fingerprint density at radius 1 is 1.37 bits per heavy atom. The minimum atomic E-state index is -1.09. The summed E-state index contributed by atoms with van der Waals surface area (Å²) in [7, 11) is 0. The van der Waals surface area contributed by atoms with Crippen molar-refractivity contribution in [2.24, 2.45) is 0 Å². The number of hydrogen-bond donors (Lipinski definition) is 0. The predicted molar refractivity (Wildman–Crippen MR) is 70.6 cm³/mol. The topological polar surface area (TPSA) is 61.6 Å². The van der Waals surface area contributed by atoms with Crippen molar-refractivity contribution in [2.75, 3.05) is 13.2 Å². The van der Waals surface area contributed by atoms with Crippen LogP contribution in [0.4, 0.5) is 0 Å². The Balaban J connectivity index is 2.02. The molecule has 5 heteroatoms. The third-order valence-electron chi connectivity index (χ3n) is 3.81. The first-order chi connectivity index (χ1) is 9.09. The van der Waals surface area contributed by atoms with Gasteiger partial charge in [0.2, 0.25) is 0 Å². The molecule has 0 saturated carbocycles. The van der Waals surface area contributed by atoms with E-state index in [1.54, 1.807) is 6.92 Å². The van der Waals surface area contributed by atoms with E-state index in [0.29, 0.717) is 6.42 Å². The fraction of sp³-hybridized carbons (Fsp3) is 0.571. The lowest BCUT2D eigenvalue weighted by molar-refractivity contribution is -0.592. The summed E-state index contributed by atoms with van der Waals surface area (Å²) in [6.45, 7) is 4.01. The maximum atomic E-state index is 11.1. The van der Waals surface area contributed by atoms with Crippen molar-refractivity contribution in [2.45, 2.75) is 38.0 Å². The first-order valence-corrected chi connectivity index (χ1v) is 6.52. The number of nitrogens with zero attached hydrogens (tertiary/aromatic N) is 1. The minimum absolute atomic E-state index is 0.0582. The Labute approximate surface area is 112 Å². The monoisotopic (exact) mass is 265 g/mol. The highest BCUT2D eigenvalue weighted by atomic mass is 16.7. The van der Waals surface area contributed by atoms with Gasteiger partial charge in [0, 0.05) is 17.3 Å². The van der Waals surface area contributed by atoms with E-state index < -0.39 is 11.8 Å². The van der Waals surface area contributed by atoms with E-state index >= 15 is 0 Å². The quantitative estimate of drug-likeness (QED) is 0.620. The van der Waals surface area contributed by atoms with Gasteiger partial charge in [-0.15, -0.1) is 0 Å². The number of ether oxygens (including phenoxy) is 2. The molecule has 1 saturated heterocycles. The molecule has 0 bridgehead atoms. The molecule has 1 atom stereocenters. The summed E-state index contributed by atoms with van der Waals surface area (Å²) in [5.41, 5.74) is 0.0185. The molecule has 1 aromatic rings. The summed E-state index contributed by atoms with van der Waals surface area (Å²) in [6.07, 6.45) is -0.00563. The number of nitro groups is 1. The molecule has 0 unspecified atom stereocenters. The van der Waals surface area contributed by atoms with Crippen LogP contribution in [0.5, 0.6) is 0 Å². The van der Waals surface area contributed by atoms with Gasteiger partial charge < -0.3 is 9.47 Å². The fourth-order valence-electron chi connectivity index (χ4n) is 2.21. The van der Waals surface area contributed by atoms with Gasteiger partial charge >= 0.3 is 0 Å². The Morgan fingerprint density at radius 2 is 1.95 bits per heavy atom. The lowest BCUT2D eigenvalue weighted by Crippen LogP contribution is -2.53. The van der Waals surface area contributed by atoms with Crippen molar-refractivity contribution < 1.29 is 14.4 Å². The van der Waals surface area contributed by atoms with Crippen molar-refractivity contribution >= 4 is 0 Å². The molecular weight excluding hydrogens is 246 g/mol. The van der Waals surface area contributed by atoms with E-state index in [0.717, 1.165) is 5.56 Å². The second-order valence-electron chi connectivity index (χ2n) is 5.02. The van der Waals surface area contributed by atoms with Gasteiger partial charge in [-0.25, -0.2) is 0 Å². The maximum absolute atomic E-state index is 11.1. The lowest BCUT2D eigenvalue weighted by Gasteiger charge is -2.35. The van der Waals surface area contributed by atoms with E-state index in [1.165, 1.54) is 0 Å². The number of benzene rings is 1. The van der Waals surface area contributed by atoms with Gasteiger partial charge in [0.1, 0.15) is 13.2 Å². The van der Waals surface area contributed by atoms with Gasteiger partial charge in [-0.3, -0.25) is 10.1 Å². The smallest absolute Gasteiger partial charge is 0.267 e. The van der Waals surface area contributed by atoms with Gasteiger partial charge in [-0.1, -0.05) is 44.2 Å². The van der Waals surface area contributed by atoms with Crippen molar-refractivity contribution in [3.05, 3.63) is 46.0 Å². The van der Waals surface area contributed by atoms with Gasteiger partial charge in [0.15, 0.2) is 6.29 Å². The van der Waals surface area contributed by atoms with Gasteiger partial charge in [-0.05, 0) is 5.56 Å². The molecular formula is C14H19NO4. The molecule has 1 aliphatic heterocycles. The van der Waals surface area contributed by atoms with Gasteiger partial charge in [0.05, 0.1) is 0 Å².